The van der Waals surface area contributed by atoms with Gasteiger partial charge in [-0.2, -0.15) is 0 Å². The molecular weight excluding hydrogens is 220 g/mol. The number of rotatable bonds is 2. The summed E-state index contributed by atoms with van der Waals surface area (Å²) < 4.78 is 16.5. The topological polar surface area (TPSA) is 26.3 Å². The van der Waals surface area contributed by atoms with E-state index in [9.17, 15) is 4.21 Å². The van der Waals surface area contributed by atoms with Crippen LogP contribution in [-0.4, -0.2) is 16.6 Å². The van der Waals surface area contributed by atoms with E-state index in [0.29, 0.717) is 0 Å². The zero-order valence-electron chi connectivity index (χ0n) is 10.6. The minimum absolute atomic E-state index is 0.241. The second-order valence-corrected chi connectivity index (χ2v) is 5.87. The van der Waals surface area contributed by atoms with E-state index in [2.05, 4.69) is 0 Å². The molecular formula is C13H26O2S. The van der Waals surface area contributed by atoms with Gasteiger partial charge in [0.1, 0.15) is 0 Å². The number of hydrogen-bond acceptors (Lipinski definition) is 2. The van der Waals surface area contributed by atoms with Gasteiger partial charge in [-0.25, -0.2) is 4.21 Å². The third-order valence-electron chi connectivity index (χ3n) is 3.32. The van der Waals surface area contributed by atoms with Crippen LogP contribution in [0.1, 0.15) is 70.6 Å². The molecule has 0 heterocycles. The normalized spacial score (nSPS) is 24.3. The zero-order chi connectivity index (χ0) is 11.6. The fourth-order valence-electron chi connectivity index (χ4n) is 2.41. The van der Waals surface area contributed by atoms with E-state index in [1.807, 2.05) is 0 Å². The van der Waals surface area contributed by atoms with Crippen molar-refractivity contribution in [2.45, 2.75) is 76.7 Å². The van der Waals surface area contributed by atoms with Crippen LogP contribution in [0.2, 0.25) is 0 Å². The third kappa shape index (κ3) is 7.39. The van der Waals surface area contributed by atoms with E-state index in [4.69, 9.17) is 4.18 Å². The standard InChI is InChI=1S/C13H26O2S/c1-16(14)15-13-11-9-7-5-3-2-4-6-8-10-12-13/h13H,2-12H2,1H3. The summed E-state index contributed by atoms with van der Waals surface area (Å²) in [6, 6.07) is 0. The van der Waals surface area contributed by atoms with Crippen molar-refractivity contribution in [3.8, 4) is 0 Å². The van der Waals surface area contributed by atoms with E-state index in [0.717, 1.165) is 12.8 Å². The lowest BCUT2D eigenvalue weighted by molar-refractivity contribution is 0.194. The third-order valence-corrected chi connectivity index (χ3v) is 3.87. The van der Waals surface area contributed by atoms with Crippen molar-refractivity contribution < 1.29 is 8.39 Å². The predicted octanol–water partition coefficient (Wildman–Crippen LogP) is 3.97. The van der Waals surface area contributed by atoms with E-state index < -0.39 is 11.1 Å². The minimum Gasteiger partial charge on any atom is -0.287 e. The van der Waals surface area contributed by atoms with Crippen LogP contribution in [0.3, 0.4) is 0 Å². The molecule has 96 valence electrons. The van der Waals surface area contributed by atoms with Gasteiger partial charge in [0.2, 0.25) is 0 Å². The average molecular weight is 246 g/mol. The second kappa shape index (κ2) is 9.17. The van der Waals surface area contributed by atoms with Gasteiger partial charge in [0.05, 0.1) is 6.10 Å². The van der Waals surface area contributed by atoms with Gasteiger partial charge in [0.25, 0.3) is 0 Å². The Labute approximate surface area is 103 Å². The lowest BCUT2D eigenvalue weighted by Gasteiger charge is -2.16. The molecule has 0 radical (unpaired) electrons. The molecule has 0 bridgehead atoms. The van der Waals surface area contributed by atoms with E-state index in [-0.39, 0.29) is 6.10 Å². The van der Waals surface area contributed by atoms with E-state index in [1.54, 1.807) is 6.26 Å². The van der Waals surface area contributed by atoms with Crippen LogP contribution in [0.5, 0.6) is 0 Å². The summed E-state index contributed by atoms with van der Waals surface area (Å²) in [6.45, 7) is 0. The smallest absolute Gasteiger partial charge is 0.152 e. The molecule has 1 aliphatic rings. The molecule has 1 fully saturated rings. The highest BCUT2D eigenvalue weighted by atomic mass is 32.2. The lowest BCUT2D eigenvalue weighted by Crippen LogP contribution is -2.14. The molecule has 1 atom stereocenters. The Hall–Kier alpha value is 0.110. The van der Waals surface area contributed by atoms with Gasteiger partial charge < -0.3 is 0 Å². The van der Waals surface area contributed by atoms with Crippen LogP contribution in [0, 0.1) is 0 Å². The van der Waals surface area contributed by atoms with Crippen molar-refractivity contribution in [3.63, 3.8) is 0 Å². The number of hydrogen-bond donors (Lipinski definition) is 0. The quantitative estimate of drug-likeness (QED) is 0.737. The Balaban J connectivity index is 2.27. The average Bonchev–Trinajstić information content (AvgIpc) is 2.21. The largest absolute Gasteiger partial charge is 0.287 e. The molecule has 0 aromatic carbocycles. The molecule has 0 aliphatic heterocycles. The highest BCUT2D eigenvalue weighted by Crippen LogP contribution is 2.19. The van der Waals surface area contributed by atoms with E-state index in [1.165, 1.54) is 57.8 Å². The Morgan fingerprint density at radius 1 is 0.812 bits per heavy atom. The van der Waals surface area contributed by atoms with Crippen molar-refractivity contribution in [3.05, 3.63) is 0 Å². The first-order chi connectivity index (χ1) is 7.79. The van der Waals surface area contributed by atoms with Gasteiger partial charge in [-0.1, -0.05) is 57.8 Å². The van der Waals surface area contributed by atoms with Crippen LogP contribution in [-0.2, 0) is 15.3 Å². The molecule has 0 aromatic rings. The van der Waals surface area contributed by atoms with Crippen molar-refractivity contribution in [1.29, 1.82) is 0 Å². The Kier molecular flexibility index (Phi) is 8.12. The summed E-state index contributed by atoms with van der Waals surface area (Å²) in [5, 5.41) is 0. The van der Waals surface area contributed by atoms with Crippen molar-refractivity contribution in [2.24, 2.45) is 0 Å². The first-order valence-electron chi connectivity index (χ1n) is 6.79. The van der Waals surface area contributed by atoms with E-state index >= 15 is 0 Å². The summed E-state index contributed by atoms with van der Waals surface area (Å²) in [4.78, 5) is 0. The van der Waals surface area contributed by atoms with Crippen LogP contribution in [0.25, 0.3) is 0 Å². The Bertz CT molecular complexity index is 182. The first-order valence-corrected chi connectivity index (χ1v) is 8.28. The molecule has 0 saturated heterocycles. The summed E-state index contributed by atoms with van der Waals surface area (Å²) >= 11 is -1.09. The summed E-state index contributed by atoms with van der Waals surface area (Å²) in [5.74, 6) is 0. The van der Waals surface area contributed by atoms with Crippen LogP contribution in [0.15, 0.2) is 0 Å². The highest BCUT2D eigenvalue weighted by molar-refractivity contribution is 7.79. The Morgan fingerprint density at radius 2 is 1.19 bits per heavy atom. The molecule has 0 N–H and O–H groups in total. The lowest BCUT2D eigenvalue weighted by atomic mass is 10.00. The summed E-state index contributed by atoms with van der Waals surface area (Å²) in [6.07, 6.45) is 16.1. The summed E-state index contributed by atoms with van der Waals surface area (Å²) in [7, 11) is 0. The fraction of sp³-hybridized carbons (Fsp3) is 1.00. The van der Waals surface area contributed by atoms with Crippen molar-refractivity contribution in [1.82, 2.24) is 0 Å². The Morgan fingerprint density at radius 3 is 1.56 bits per heavy atom. The summed E-state index contributed by atoms with van der Waals surface area (Å²) in [5.41, 5.74) is 0. The molecule has 1 aliphatic carbocycles. The predicted molar refractivity (Wildman–Crippen MR) is 69.7 cm³/mol. The van der Waals surface area contributed by atoms with Gasteiger partial charge in [-0.15, -0.1) is 0 Å². The second-order valence-electron chi connectivity index (χ2n) is 4.88. The monoisotopic (exact) mass is 246 g/mol. The van der Waals surface area contributed by atoms with Gasteiger partial charge >= 0.3 is 0 Å². The van der Waals surface area contributed by atoms with Crippen LogP contribution < -0.4 is 0 Å². The molecule has 2 nitrogen and oxygen atoms in total. The maximum Gasteiger partial charge on any atom is 0.152 e. The maximum atomic E-state index is 11.1. The van der Waals surface area contributed by atoms with Crippen molar-refractivity contribution >= 4 is 11.1 Å². The molecule has 3 heteroatoms. The minimum atomic E-state index is -1.09. The molecule has 0 aromatic heterocycles. The highest BCUT2D eigenvalue weighted by Gasteiger charge is 2.11. The molecule has 16 heavy (non-hydrogen) atoms. The molecule has 1 unspecified atom stereocenters. The fourth-order valence-corrected chi connectivity index (χ4v) is 2.99. The molecule has 1 rings (SSSR count). The molecule has 1 saturated carbocycles. The van der Waals surface area contributed by atoms with Crippen LogP contribution in [0.4, 0.5) is 0 Å². The van der Waals surface area contributed by atoms with Gasteiger partial charge in [-0.3, -0.25) is 4.18 Å². The van der Waals surface area contributed by atoms with Crippen molar-refractivity contribution in [2.75, 3.05) is 6.26 Å². The SMILES string of the molecule is CS(=O)OC1CCCCCCCCCCC1. The zero-order valence-corrected chi connectivity index (χ0v) is 11.4. The van der Waals surface area contributed by atoms with Gasteiger partial charge in [-0.05, 0) is 12.8 Å². The molecule has 0 spiro atoms. The maximum absolute atomic E-state index is 11.1. The van der Waals surface area contributed by atoms with Gasteiger partial charge in [0, 0.05) is 6.26 Å². The van der Waals surface area contributed by atoms with Gasteiger partial charge in [0.15, 0.2) is 11.1 Å². The molecule has 0 amide bonds. The van der Waals surface area contributed by atoms with Crippen LogP contribution >= 0.6 is 0 Å². The first kappa shape index (κ1) is 14.2.